The Balaban J connectivity index is 1.88. The number of imidazole rings is 1. The number of aromatic nitrogens is 3. The van der Waals surface area contributed by atoms with E-state index in [2.05, 4.69) is 23.9 Å². The van der Waals surface area contributed by atoms with Crippen molar-refractivity contribution < 1.29 is 17.9 Å². The minimum atomic E-state index is -4.52. The predicted octanol–water partition coefficient (Wildman–Crippen LogP) is 4.87. The largest absolute Gasteiger partial charge is 0.491 e. The van der Waals surface area contributed by atoms with Gasteiger partial charge in [-0.15, -0.1) is 0 Å². The Morgan fingerprint density at radius 2 is 1.93 bits per heavy atom. The van der Waals surface area contributed by atoms with Crippen LogP contribution in [0.2, 0.25) is 0 Å². The van der Waals surface area contributed by atoms with Gasteiger partial charge in [0.05, 0.1) is 6.20 Å². The lowest BCUT2D eigenvalue weighted by molar-refractivity contribution is -0.140. The van der Waals surface area contributed by atoms with Crippen LogP contribution in [0.25, 0.3) is 16.8 Å². The minimum Gasteiger partial charge on any atom is -0.491 e. The summed E-state index contributed by atoms with van der Waals surface area (Å²) in [5.41, 5.74) is 7.20. The Labute approximate surface area is 167 Å². The number of benzene rings is 1. The van der Waals surface area contributed by atoms with Crippen molar-refractivity contribution in [2.45, 2.75) is 45.8 Å². The number of alkyl halides is 3. The normalized spacial score (nSPS) is 14.4. The third kappa shape index (κ3) is 4.87. The lowest BCUT2D eigenvalue weighted by atomic mass is 9.93. The second-order valence-corrected chi connectivity index (χ2v) is 8.16. The molecule has 0 saturated heterocycles. The molecule has 0 amide bonds. The molecule has 8 heteroatoms. The van der Waals surface area contributed by atoms with Crippen molar-refractivity contribution in [1.29, 1.82) is 0 Å². The van der Waals surface area contributed by atoms with Crippen LogP contribution in [0.5, 0.6) is 5.75 Å². The zero-order valence-electron chi connectivity index (χ0n) is 16.9. The topological polar surface area (TPSA) is 65.4 Å². The number of fused-ring (bicyclic) bond motifs is 1. The fourth-order valence-electron chi connectivity index (χ4n) is 3.47. The zero-order chi connectivity index (χ0) is 21.4. The second-order valence-electron chi connectivity index (χ2n) is 8.16. The first-order valence-electron chi connectivity index (χ1n) is 9.40. The molecule has 3 rings (SSSR count). The van der Waals surface area contributed by atoms with Crippen LogP contribution in [0.1, 0.15) is 38.4 Å². The molecule has 0 spiro atoms. The number of ether oxygens (including phenoxy) is 1. The quantitative estimate of drug-likeness (QED) is 0.635. The molecule has 0 fully saturated rings. The molecule has 0 aliphatic rings. The van der Waals surface area contributed by atoms with Gasteiger partial charge in [-0.05, 0) is 55.5 Å². The number of nitrogens with zero attached hydrogens (tertiary/aromatic N) is 3. The Morgan fingerprint density at radius 3 is 2.55 bits per heavy atom. The van der Waals surface area contributed by atoms with E-state index in [9.17, 15) is 13.2 Å². The van der Waals surface area contributed by atoms with Crippen molar-refractivity contribution in [2.75, 3.05) is 6.61 Å². The highest BCUT2D eigenvalue weighted by Crippen LogP contribution is 2.32. The first-order chi connectivity index (χ1) is 13.5. The van der Waals surface area contributed by atoms with Crippen LogP contribution in [0.3, 0.4) is 0 Å². The van der Waals surface area contributed by atoms with Gasteiger partial charge in [0, 0.05) is 17.3 Å². The molecule has 2 N–H and O–H groups in total. The number of hydrogen-bond acceptors (Lipinski definition) is 4. The predicted molar refractivity (Wildman–Crippen MR) is 106 cm³/mol. The van der Waals surface area contributed by atoms with Crippen molar-refractivity contribution in [2.24, 2.45) is 11.7 Å². The maximum atomic E-state index is 13.0. The molecule has 0 aliphatic carbocycles. The van der Waals surface area contributed by atoms with Crippen LogP contribution in [0, 0.1) is 12.8 Å². The van der Waals surface area contributed by atoms with Gasteiger partial charge in [0.1, 0.15) is 12.4 Å². The van der Waals surface area contributed by atoms with Crippen molar-refractivity contribution in [3.8, 4) is 16.9 Å². The van der Waals surface area contributed by atoms with Crippen LogP contribution in [0.15, 0.2) is 36.7 Å². The molecule has 3 aromatic rings. The van der Waals surface area contributed by atoms with E-state index >= 15 is 0 Å². The molecule has 29 heavy (non-hydrogen) atoms. The van der Waals surface area contributed by atoms with Crippen LogP contribution in [-0.4, -0.2) is 26.7 Å². The van der Waals surface area contributed by atoms with Gasteiger partial charge in [0.2, 0.25) is 0 Å². The molecule has 1 aromatic carbocycles. The highest BCUT2D eigenvalue weighted by atomic mass is 19.4. The molecule has 2 heterocycles. The third-order valence-electron chi connectivity index (χ3n) is 4.57. The maximum absolute atomic E-state index is 13.0. The fourth-order valence-corrected chi connectivity index (χ4v) is 3.47. The lowest BCUT2D eigenvalue weighted by Crippen LogP contribution is -2.43. The van der Waals surface area contributed by atoms with E-state index in [-0.39, 0.29) is 5.65 Å². The van der Waals surface area contributed by atoms with Gasteiger partial charge >= 0.3 is 6.18 Å². The number of rotatable bonds is 6. The molecule has 1 atom stereocenters. The highest BCUT2D eigenvalue weighted by molar-refractivity contribution is 5.78. The molecule has 0 radical (unpaired) electrons. The summed E-state index contributed by atoms with van der Waals surface area (Å²) in [6.07, 6.45) is -1.35. The van der Waals surface area contributed by atoms with E-state index < -0.39 is 17.4 Å². The number of halogens is 3. The molecule has 0 aliphatic heterocycles. The van der Waals surface area contributed by atoms with Gasteiger partial charge in [0.15, 0.2) is 11.3 Å². The molecular formula is C21H25F3N4O. The maximum Gasteiger partial charge on any atom is 0.434 e. The molecule has 156 valence electrons. The van der Waals surface area contributed by atoms with Crippen LogP contribution in [-0.2, 0) is 6.18 Å². The number of nitrogens with two attached hydrogens (primary N) is 1. The van der Waals surface area contributed by atoms with E-state index in [1.165, 1.54) is 6.20 Å². The Morgan fingerprint density at radius 1 is 1.21 bits per heavy atom. The summed E-state index contributed by atoms with van der Waals surface area (Å²) in [6, 6.07) is 7.12. The first kappa shape index (κ1) is 21.1. The zero-order valence-corrected chi connectivity index (χ0v) is 16.9. The highest BCUT2D eigenvalue weighted by Gasteiger charge is 2.34. The summed E-state index contributed by atoms with van der Waals surface area (Å²) in [5.74, 6) is 1.15. The Bertz CT molecular complexity index is 1010. The summed E-state index contributed by atoms with van der Waals surface area (Å²) in [7, 11) is 0. The van der Waals surface area contributed by atoms with E-state index in [0.29, 0.717) is 23.8 Å². The summed E-state index contributed by atoms with van der Waals surface area (Å²) < 4.78 is 46.1. The van der Waals surface area contributed by atoms with Crippen molar-refractivity contribution >= 4 is 5.65 Å². The molecular weight excluding hydrogens is 381 g/mol. The molecule has 5 nitrogen and oxygen atoms in total. The van der Waals surface area contributed by atoms with Crippen LogP contribution >= 0.6 is 0 Å². The number of hydrogen-bond donors (Lipinski definition) is 1. The number of aryl methyl sites for hydroxylation is 1. The molecule has 2 aromatic heterocycles. The van der Waals surface area contributed by atoms with Gasteiger partial charge in [-0.3, -0.25) is 0 Å². The van der Waals surface area contributed by atoms with E-state index in [4.69, 9.17) is 10.5 Å². The van der Waals surface area contributed by atoms with Gasteiger partial charge in [-0.2, -0.15) is 18.3 Å². The SMILES string of the molecule is Cc1cc(-c2ccnn3cc(C(F)(F)F)nc23)ccc1OCC(C)(N)CC(C)C. The first-order valence-corrected chi connectivity index (χ1v) is 9.40. The van der Waals surface area contributed by atoms with Gasteiger partial charge in [0.25, 0.3) is 0 Å². The van der Waals surface area contributed by atoms with E-state index in [1.807, 2.05) is 19.9 Å². The summed E-state index contributed by atoms with van der Waals surface area (Å²) in [6.45, 7) is 8.45. The van der Waals surface area contributed by atoms with Gasteiger partial charge < -0.3 is 10.5 Å². The summed E-state index contributed by atoms with van der Waals surface area (Å²) >= 11 is 0. The minimum absolute atomic E-state index is 0.152. The molecule has 0 bridgehead atoms. The molecule has 1 unspecified atom stereocenters. The average Bonchev–Trinajstić information content (AvgIpc) is 3.04. The van der Waals surface area contributed by atoms with Crippen molar-refractivity contribution in [3.05, 3.63) is 47.9 Å². The molecule has 0 saturated carbocycles. The summed E-state index contributed by atoms with van der Waals surface area (Å²) in [5, 5.41) is 3.94. The fraction of sp³-hybridized carbons (Fsp3) is 0.429. The monoisotopic (exact) mass is 406 g/mol. The third-order valence-corrected chi connectivity index (χ3v) is 4.57. The van der Waals surface area contributed by atoms with Gasteiger partial charge in [-0.1, -0.05) is 19.9 Å². The standard InChI is InChI=1S/C21H25F3N4O/c1-13(2)10-20(4,25)12-29-17-6-5-15(9-14(17)3)16-7-8-26-28-11-18(21(22,23)24)27-19(16)28/h5-9,11,13H,10,12,25H2,1-4H3. The van der Waals surface area contributed by atoms with Gasteiger partial charge in [-0.25, -0.2) is 9.50 Å². The smallest absolute Gasteiger partial charge is 0.434 e. The van der Waals surface area contributed by atoms with E-state index in [0.717, 1.165) is 28.3 Å². The van der Waals surface area contributed by atoms with Crippen molar-refractivity contribution in [3.63, 3.8) is 0 Å². The summed E-state index contributed by atoms with van der Waals surface area (Å²) in [4.78, 5) is 3.74. The Kier molecular flexibility index (Phi) is 5.58. The second kappa shape index (κ2) is 7.67. The average molecular weight is 406 g/mol. The Hall–Kier alpha value is -2.61. The van der Waals surface area contributed by atoms with Crippen LogP contribution in [0.4, 0.5) is 13.2 Å². The van der Waals surface area contributed by atoms with Crippen molar-refractivity contribution in [1.82, 2.24) is 14.6 Å². The van der Waals surface area contributed by atoms with E-state index in [1.54, 1.807) is 18.2 Å². The lowest BCUT2D eigenvalue weighted by Gasteiger charge is -2.27. The van der Waals surface area contributed by atoms with Crippen LogP contribution < -0.4 is 10.5 Å².